The molecule has 1 heterocycles. The maximum atomic E-state index is 12.8. The van der Waals surface area contributed by atoms with E-state index in [1.807, 2.05) is 31.2 Å². The zero-order valence-corrected chi connectivity index (χ0v) is 12.4. The number of carbonyl (C=O) groups excluding carboxylic acids is 1. The first kappa shape index (κ1) is 14.3. The second-order valence-corrected chi connectivity index (χ2v) is 5.62. The van der Waals surface area contributed by atoms with Gasteiger partial charge in [-0.3, -0.25) is 14.9 Å². The second-order valence-electron chi connectivity index (χ2n) is 5.62. The van der Waals surface area contributed by atoms with E-state index < -0.39 is 4.92 Å². The third-order valence-electron chi connectivity index (χ3n) is 4.07. The van der Waals surface area contributed by atoms with Crippen molar-refractivity contribution < 1.29 is 9.72 Å². The summed E-state index contributed by atoms with van der Waals surface area (Å²) in [4.78, 5) is 25.0. The van der Waals surface area contributed by atoms with Crippen LogP contribution in [0.15, 0.2) is 42.5 Å². The number of aryl methyl sites for hydroxylation is 1. The van der Waals surface area contributed by atoms with Gasteiger partial charge in [0.05, 0.1) is 4.92 Å². The predicted molar refractivity (Wildman–Crippen MR) is 84.3 cm³/mol. The number of hydrogen-bond donors (Lipinski definition) is 0. The van der Waals surface area contributed by atoms with Crippen LogP contribution in [0, 0.1) is 17.0 Å². The van der Waals surface area contributed by atoms with E-state index in [9.17, 15) is 14.9 Å². The molecule has 0 saturated heterocycles. The van der Waals surface area contributed by atoms with Gasteiger partial charge in [0, 0.05) is 28.9 Å². The summed E-state index contributed by atoms with van der Waals surface area (Å²) in [7, 11) is 0. The Balaban J connectivity index is 1.98. The molecule has 2 aromatic rings. The lowest BCUT2D eigenvalue weighted by Gasteiger charge is -2.23. The normalized spacial score (nSPS) is 16.5. The minimum Gasteiger partial charge on any atom is -0.305 e. The van der Waals surface area contributed by atoms with Gasteiger partial charge in [-0.05, 0) is 44.0 Å². The van der Waals surface area contributed by atoms with Gasteiger partial charge < -0.3 is 4.90 Å². The fraction of sp³-hybridized carbons (Fsp3) is 0.235. The van der Waals surface area contributed by atoms with E-state index in [0.29, 0.717) is 11.1 Å². The highest BCUT2D eigenvalue weighted by molar-refractivity contribution is 6.08. The number of amides is 1. The van der Waals surface area contributed by atoms with Crippen LogP contribution in [-0.4, -0.2) is 16.9 Å². The molecule has 1 aliphatic rings. The van der Waals surface area contributed by atoms with Gasteiger partial charge in [-0.2, -0.15) is 0 Å². The number of anilines is 1. The van der Waals surface area contributed by atoms with E-state index >= 15 is 0 Å². The summed E-state index contributed by atoms with van der Waals surface area (Å²) < 4.78 is 0. The highest BCUT2D eigenvalue weighted by Crippen LogP contribution is 2.33. The summed E-state index contributed by atoms with van der Waals surface area (Å²) in [5.41, 5.74) is 3.09. The highest BCUT2D eigenvalue weighted by atomic mass is 16.6. The number of fused-ring (bicyclic) bond motifs is 1. The van der Waals surface area contributed by atoms with E-state index in [-0.39, 0.29) is 17.6 Å². The van der Waals surface area contributed by atoms with Crippen molar-refractivity contribution in [1.29, 1.82) is 0 Å². The molecule has 22 heavy (non-hydrogen) atoms. The first-order valence-electron chi connectivity index (χ1n) is 7.15. The molecular weight excluding hydrogens is 280 g/mol. The van der Waals surface area contributed by atoms with Gasteiger partial charge in [0.2, 0.25) is 0 Å². The molecule has 1 amide bonds. The van der Waals surface area contributed by atoms with Crippen molar-refractivity contribution in [2.24, 2.45) is 0 Å². The molecule has 1 aliphatic heterocycles. The number of para-hydroxylation sites is 1. The molecule has 1 atom stereocenters. The molecule has 2 aromatic carbocycles. The number of carbonyl (C=O) groups is 1. The minimum absolute atomic E-state index is 0.0337. The Labute approximate surface area is 128 Å². The minimum atomic E-state index is -0.433. The summed E-state index contributed by atoms with van der Waals surface area (Å²) >= 11 is 0. The number of hydrogen-bond acceptors (Lipinski definition) is 3. The molecule has 1 unspecified atom stereocenters. The first-order chi connectivity index (χ1) is 10.5. The van der Waals surface area contributed by atoms with Crippen LogP contribution in [0.25, 0.3) is 0 Å². The molecule has 0 bridgehead atoms. The van der Waals surface area contributed by atoms with Crippen molar-refractivity contribution in [3.05, 3.63) is 69.3 Å². The predicted octanol–water partition coefficient (Wildman–Crippen LogP) is 3.49. The van der Waals surface area contributed by atoms with Crippen molar-refractivity contribution >= 4 is 17.3 Å². The molecule has 5 nitrogen and oxygen atoms in total. The zero-order chi connectivity index (χ0) is 15.9. The van der Waals surface area contributed by atoms with Crippen molar-refractivity contribution in [3.63, 3.8) is 0 Å². The lowest BCUT2D eigenvalue weighted by molar-refractivity contribution is -0.385. The molecule has 0 radical (unpaired) electrons. The maximum absolute atomic E-state index is 12.8. The number of nitro benzene ring substituents is 1. The van der Waals surface area contributed by atoms with Crippen molar-refractivity contribution in [3.8, 4) is 0 Å². The van der Waals surface area contributed by atoms with Crippen LogP contribution in [-0.2, 0) is 6.42 Å². The van der Waals surface area contributed by atoms with Crippen molar-refractivity contribution in [1.82, 2.24) is 0 Å². The number of rotatable bonds is 2. The van der Waals surface area contributed by atoms with Gasteiger partial charge in [-0.15, -0.1) is 0 Å². The number of benzene rings is 2. The van der Waals surface area contributed by atoms with E-state index in [0.717, 1.165) is 17.7 Å². The molecule has 0 aliphatic carbocycles. The molecule has 0 aromatic heterocycles. The van der Waals surface area contributed by atoms with Gasteiger partial charge in [0.15, 0.2) is 0 Å². The average Bonchev–Trinajstić information content (AvgIpc) is 2.81. The molecule has 0 spiro atoms. The second kappa shape index (κ2) is 5.26. The lowest BCUT2D eigenvalue weighted by Crippen LogP contribution is -2.35. The smallest absolute Gasteiger partial charge is 0.272 e. The Morgan fingerprint density at radius 2 is 2.00 bits per heavy atom. The van der Waals surface area contributed by atoms with Gasteiger partial charge in [-0.25, -0.2) is 0 Å². The molecular formula is C17H16N2O3. The lowest BCUT2D eigenvalue weighted by atomic mass is 10.1. The maximum Gasteiger partial charge on any atom is 0.272 e. The molecule has 0 saturated carbocycles. The number of nitrogens with zero attached hydrogens (tertiary/aromatic N) is 2. The van der Waals surface area contributed by atoms with Crippen LogP contribution in [0.5, 0.6) is 0 Å². The number of nitro groups is 1. The highest BCUT2D eigenvalue weighted by Gasteiger charge is 2.31. The third kappa shape index (κ3) is 2.24. The molecule has 112 valence electrons. The molecule has 0 fully saturated rings. The monoisotopic (exact) mass is 296 g/mol. The van der Waals surface area contributed by atoms with E-state index in [1.165, 1.54) is 12.1 Å². The first-order valence-corrected chi connectivity index (χ1v) is 7.15. The van der Waals surface area contributed by atoms with E-state index in [4.69, 9.17) is 0 Å². The summed E-state index contributed by atoms with van der Waals surface area (Å²) in [6, 6.07) is 12.5. The SMILES string of the molecule is Cc1cc(C(=O)N2c3ccccc3CC2C)ccc1[N+](=O)[O-]. The van der Waals surface area contributed by atoms with Crippen LogP contribution in [0.3, 0.4) is 0 Å². The fourth-order valence-corrected chi connectivity index (χ4v) is 3.01. The summed E-state index contributed by atoms with van der Waals surface area (Å²) in [5, 5.41) is 10.9. The zero-order valence-electron chi connectivity index (χ0n) is 12.4. The topological polar surface area (TPSA) is 63.5 Å². The Morgan fingerprint density at radius 1 is 1.27 bits per heavy atom. The van der Waals surface area contributed by atoms with Crippen LogP contribution in [0.1, 0.15) is 28.4 Å². The van der Waals surface area contributed by atoms with E-state index in [2.05, 4.69) is 0 Å². The average molecular weight is 296 g/mol. The molecule has 3 rings (SSSR count). The van der Waals surface area contributed by atoms with Gasteiger partial charge in [-0.1, -0.05) is 18.2 Å². The van der Waals surface area contributed by atoms with Crippen molar-refractivity contribution in [2.45, 2.75) is 26.3 Å². The van der Waals surface area contributed by atoms with Crippen LogP contribution < -0.4 is 4.90 Å². The Hall–Kier alpha value is -2.69. The molecule has 5 heteroatoms. The van der Waals surface area contributed by atoms with Crippen LogP contribution in [0.2, 0.25) is 0 Å². The molecule has 0 N–H and O–H groups in total. The van der Waals surface area contributed by atoms with Crippen LogP contribution >= 0.6 is 0 Å². The van der Waals surface area contributed by atoms with Gasteiger partial charge in [0.25, 0.3) is 11.6 Å². The van der Waals surface area contributed by atoms with E-state index in [1.54, 1.807) is 17.9 Å². The Morgan fingerprint density at radius 3 is 2.68 bits per heavy atom. The summed E-state index contributed by atoms with van der Waals surface area (Å²) in [5.74, 6) is -0.115. The summed E-state index contributed by atoms with van der Waals surface area (Å²) in [6.45, 7) is 3.66. The largest absolute Gasteiger partial charge is 0.305 e. The summed E-state index contributed by atoms with van der Waals surface area (Å²) in [6.07, 6.45) is 0.827. The third-order valence-corrected chi connectivity index (χ3v) is 4.07. The standard InChI is InChI=1S/C17H16N2O3/c1-11-9-14(7-8-15(11)19(21)22)17(20)18-12(2)10-13-5-3-4-6-16(13)18/h3-9,12H,10H2,1-2H3. The Bertz CT molecular complexity index is 770. The van der Waals surface area contributed by atoms with Gasteiger partial charge >= 0.3 is 0 Å². The Kier molecular flexibility index (Phi) is 3.41. The quantitative estimate of drug-likeness (QED) is 0.629. The van der Waals surface area contributed by atoms with Crippen LogP contribution in [0.4, 0.5) is 11.4 Å². The fourth-order valence-electron chi connectivity index (χ4n) is 3.01. The van der Waals surface area contributed by atoms with Gasteiger partial charge in [0.1, 0.15) is 0 Å². The van der Waals surface area contributed by atoms with Crippen molar-refractivity contribution in [2.75, 3.05) is 4.90 Å².